The summed E-state index contributed by atoms with van der Waals surface area (Å²) in [6, 6.07) is 1.63. The summed E-state index contributed by atoms with van der Waals surface area (Å²) in [5.74, 6) is -2.64. The third-order valence-electron chi connectivity index (χ3n) is 4.56. The first kappa shape index (κ1) is 20.0. The number of likely N-dealkylation sites (tertiary alicyclic amines) is 1. The van der Waals surface area contributed by atoms with Crippen LogP contribution in [0.25, 0.3) is 0 Å². The van der Waals surface area contributed by atoms with Gasteiger partial charge in [0.25, 0.3) is 5.91 Å². The molecule has 8 heteroatoms. The standard InChI is InChI=1S/C17H23ClF2N2O3/c1-21(3-4-25-2)7-11-8-22(9-12(11)10-23)17(24)13-5-15(19)16(20)6-14(13)18/h5-6,11-12,23H,3-4,7-10H2,1-2H3. The van der Waals surface area contributed by atoms with Gasteiger partial charge in [-0.2, -0.15) is 0 Å². The summed E-state index contributed by atoms with van der Waals surface area (Å²) in [4.78, 5) is 16.2. The first-order valence-electron chi connectivity index (χ1n) is 8.09. The van der Waals surface area contributed by atoms with Gasteiger partial charge in [-0.25, -0.2) is 8.78 Å². The first-order chi connectivity index (χ1) is 11.9. The minimum absolute atomic E-state index is 0.0436. The number of carbonyl (C=O) groups is 1. The smallest absolute Gasteiger partial charge is 0.255 e. The van der Waals surface area contributed by atoms with Crippen molar-refractivity contribution in [3.63, 3.8) is 0 Å². The van der Waals surface area contributed by atoms with Gasteiger partial charge in [0.1, 0.15) is 0 Å². The average Bonchev–Trinajstić information content (AvgIpc) is 2.98. The van der Waals surface area contributed by atoms with Gasteiger partial charge in [-0.05, 0) is 25.1 Å². The van der Waals surface area contributed by atoms with Crippen molar-refractivity contribution in [3.8, 4) is 0 Å². The van der Waals surface area contributed by atoms with Crippen LogP contribution in [-0.4, -0.2) is 74.4 Å². The Bertz CT molecular complexity index is 618. The van der Waals surface area contributed by atoms with Gasteiger partial charge in [-0.1, -0.05) is 11.6 Å². The van der Waals surface area contributed by atoms with Crippen molar-refractivity contribution in [2.45, 2.75) is 0 Å². The molecule has 0 bridgehead atoms. The predicted octanol–water partition coefficient (Wildman–Crippen LogP) is 1.88. The van der Waals surface area contributed by atoms with Crippen molar-refractivity contribution in [2.24, 2.45) is 11.8 Å². The zero-order valence-electron chi connectivity index (χ0n) is 14.3. The number of nitrogens with zero attached hydrogens (tertiary/aromatic N) is 2. The van der Waals surface area contributed by atoms with E-state index < -0.39 is 17.5 Å². The molecule has 0 saturated carbocycles. The van der Waals surface area contributed by atoms with Gasteiger partial charge in [0.05, 0.1) is 17.2 Å². The Morgan fingerprint density at radius 2 is 2.00 bits per heavy atom. The predicted molar refractivity (Wildman–Crippen MR) is 90.7 cm³/mol. The highest BCUT2D eigenvalue weighted by Crippen LogP contribution is 2.28. The van der Waals surface area contributed by atoms with Crippen molar-refractivity contribution in [1.82, 2.24) is 9.80 Å². The molecule has 1 N–H and O–H groups in total. The summed E-state index contributed by atoms with van der Waals surface area (Å²) in [7, 11) is 3.58. The molecule has 1 aliphatic heterocycles. The zero-order chi connectivity index (χ0) is 18.6. The lowest BCUT2D eigenvalue weighted by atomic mass is 9.96. The summed E-state index contributed by atoms with van der Waals surface area (Å²) in [5, 5.41) is 9.49. The Morgan fingerprint density at radius 3 is 2.64 bits per heavy atom. The van der Waals surface area contributed by atoms with E-state index in [1.54, 1.807) is 7.11 Å². The van der Waals surface area contributed by atoms with Gasteiger partial charge >= 0.3 is 0 Å². The van der Waals surface area contributed by atoms with E-state index in [4.69, 9.17) is 16.3 Å². The van der Waals surface area contributed by atoms with Crippen LogP contribution < -0.4 is 0 Å². The molecule has 2 atom stereocenters. The molecule has 0 aliphatic carbocycles. The lowest BCUT2D eigenvalue weighted by Crippen LogP contribution is -2.33. The molecule has 1 amide bonds. The number of benzene rings is 1. The average molecular weight is 377 g/mol. The minimum Gasteiger partial charge on any atom is -0.396 e. The molecule has 2 rings (SSSR count). The van der Waals surface area contributed by atoms with E-state index in [1.165, 1.54) is 4.90 Å². The number of amides is 1. The van der Waals surface area contributed by atoms with Crippen molar-refractivity contribution >= 4 is 17.5 Å². The topological polar surface area (TPSA) is 53.0 Å². The zero-order valence-corrected chi connectivity index (χ0v) is 15.1. The number of rotatable bonds is 7. The van der Waals surface area contributed by atoms with Crippen molar-refractivity contribution < 1.29 is 23.4 Å². The van der Waals surface area contributed by atoms with Gasteiger partial charge in [0.2, 0.25) is 0 Å². The van der Waals surface area contributed by atoms with Crippen LogP contribution >= 0.6 is 11.6 Å². The van der Waals surface area contributed by atoms with E-state index in [0.29, 0.717) is 26.2 Å². The van der Waals surface area contributed by atoms with Crippen LogP contribution in [0.2, 0.25) is 5.02 Å². The molecular weight excluding hydrogens is 354 g/mol. The van der Waals surface area contributed by atoms with Crippen molar-refractivity contribution in [1.29, 1.82) is 0 Å². The molecule has 0 aromatic heterocycles. The van der Waals surface area contributed by atoms with Gasteiger partial charge in [0, 0.05) is 45.8 Å². The summed E-state index contributed by atoms with van der Waals surface area (Å²) < 4.78 is 31.7. The van der Waals surface area contributed by atoms with Gasteiger partial charge in [-0.15, -0.1) is 0 Å². The normalized spacial score (nSPS) is 20.5. The molecule has 0 radical (unpaired) electrons. The Balaban J connectivity index is 2.08. The number of likely N-dealkylation sites (N-methyl/N-ethyl adjacent to an activating group) is 1. The molecule has 5 nitrogen and oxygen atoms in total. The highest BCUT2D eigenvalue weighted by atomic mass is 35.5. The number of hydrogen-bond donors (Lipinski definition) is 1. The van der Waals surface area contributed by atoms with Crippen LogP contribution in [0.15, 0.2) is 12.1 Å². The Labute approximate surface area is 151 Å². The highest BCUT2D eigenvalue weighted by Gasteiger charge is 2.36. The van der Waals surface area contributed by atoms with Crippen LogP contribution in [0.3, 0.4) is 0 Å². The number of ether oxygens (including phenoxy) is 1. The number of aliphatic hydroxyl groups excluding tert-OH is 1. The fraction of sp³-hybridized carbons (Fsp3) is 0.588. The Hall–Kier alpha value is -1.28. The van der Waals surface area contributed by atoms with Gasteiger partial charge in [-0.3, -0.25) is 4.79 Å². The number of carbonyl (C=O) groups excluding carboxylic acids is 1. The molecule has 25 heavy (non-hydrogen) atoms. The quantitative estimate of drug-likeness (QED) is 0.738. The third-order valence-corrected chi connectivity index (χ3v) is 4.87. The maximum Gasteiger partial charge on any atom is 0.255 e. The van der Waals surface area contributed by atoms with E-state index in [0.717, 1.165) is 18.7 Å². The summed E-state index contributed by atoms with van der Waals surface area (Å²) in [5.41, 5.74) is -0.0642. The maximum atomic E-state index is 13.5. The Kier molecular flexibility index (Phi) is 7.13. The molecule has 0 spiro atoms. The number of aliphatic hydroxyl groups is 1. The molecule has 2 unspecified atom stereocenters. The summed E-state index contributed by atoms with van der Waals surface area (Å²) in [6.07, 6.45) is 0. The van der Waals surface area contributed by atoms with E-state index in [9.17, 15) is 18.7 Å². The Morgan fingerprint density at radius 1 is 1.36 bits per heavy atom. The lowest BCUT2D eigenvalue weighted by Gasteiger charge is -2.23. The number of halogens is 3. The molecule has 1 heterocycles. The summed E-state index contributed by atoms with van der Waals surface area (Å²) in [6.45, 7) is 2.78. The number of hydrogen-bond acceptors (Lipinski definition) is 4. The molecular formula is C17H23ClF2N2O3. The van der Waals surface area contributed by atoms with Crippen LogP contribution in [0.1, 0.15) is 10.4 Å². The second-order valence-electron chi connectivity index (χ2n) is 6.41. The van der Waals surface area contributed by atoms with E-state index in [-0.39, 0.29) is 29.0 Å². The number of methoxy groups -OCH3 is 1. The maximum absolute atomic E-state index is 13.5. The van der Waals surface area contributed by atoms with Gasteiger partial charge in [0.15, 0.2) is 11.6 Å². The van der Waals surface area contributed by atoms with Crippen LogP contribution in [0.5, 0.6) is 0 Å². The summed E-state index contributed by atoms with van der Waals surface area (Å²) >= 11 is 5.90. The SMILES string of the molecule is COCCN(C)CC1CN(C(=O)c2cc(F)c(F)cc2Cl)CC1CO. The monoisotopic (exact) mass is 376 g/mol. The van der Waals surface area contributed by atoms with Crippen LogP contribution in [0, 0.1) is 23.5 Å². The largest absolute Gasteiger partial charge is 0.396 e. The molecule has 1 fully saturated rings. The second kappa shape index (κ2) is 8.89. The second-order valence-corrected chi connectivity index (χ2v) is 6.82. The van der Waals surface area contributed by atoms with Gasteiger partial charge < -0.3 is 19.6 Å². The van der Waals surface area contributed by atoms with Crippen LogP contribution in [0.4, 0.5) is 8.78 Å². The van der Waals surface area contributed by atoms with E-state index in [1.807, 2.05) is 7.05 Å². The molecule has 1 aromatic carbocycles. The van der Waals surface area contributed by atoms with E-state index >= 15 is 0 Å². The molecule has 1 saturated heterocycles. The first-order valence-corrected chi connectivity index (χ1v) is 8.47. The third kappa shape index (κ3) is 4.88. The van der Waals surface area contributed by atoms with Crippen molar-refractivity contribution in [3.05, 3.63) is 34.4 Å². The van der Waals surface area contributed by atoms with Crippen LogP contribution in [-0.2, 0) is 4.74 Å². The molecule has 1 aliphatic rings. The molecule has 1 aromatic rings. The molecule has 140 valence electrons. The highest BCUT2D eigenvalue weighted by molar-refractivity contribution is 6.33. The van der Waals surface area contributed by atoms with Crippen molar-refractivity contribution in [2.75, 3.05) is 53.6 Å². The fourth-order valence-electron chi connectivity index (χ4n) is 3.11. The minimum atomic E-state index is -1.11. The lowest BCUT2D eigenvalue weighted by molar-refractivity contribution is 0.0778. The fourth-order valence-corrected chi connectivity index (χ4v) is 3.34. The van der Waals surface area contributed by atoms with E-state index in [2.05, 4.69) is 4.90 Å².